The van der Waals surface area contributed by atoms with Crippen LogP contribution in [0.25, 0.3) is 11.8 Å². The van der Waals surface area contributed by atoms with E-state index in [1.165, 1.54) is 0 Å². The summed E-state index contributed by atoms with van der Waals surface area (Å²) in [5.41, 5.74) is 1.93. The lowest BCUT2D eigenvalue weighted by Crippen LogP contribution is -2.30. The van der Waals surface area contributed by atoms with Crippen LogP contribution in [0.2, 0.25) is 0 Å². The number of carbonyl (C=O) groups is 1. The molecular formula is C18H23N3O. The van der Waals surface area contributed by atoms with Crippen LogP contribution in [0, 0.1) is 0 Å². The second kappa shape index (κ2) is 8.17. The molecule has 116 valence electrons. The van der Waals surface area contributed by atoms with Crippen molar-refractivity contribution in [1.82, 2.24) is 14.7 Å². The second-order valence-corrected chi connectivity index (χ2v) is 5.21. The van der Waals surface area contributed by atoms with Gasteiger partial charge in [0.05, 0.1) is 11.9 Å². The van der Waals surface area contributed by atoms with E-state index in [2.05, 4.69) is 18.9 Å². The summed E-state index contributed by atoms with van der Waals surface area (Å²) in [4.78, 5) is 14.1. The fourth-order valence-electron chi connectivity index (χ4n) is 2.29. The smallest absolute Gasteiger partial charge is 0.246 e. The molecule has 0 bridgehead atoms. The molecule has 1 heterocycles. The van der Waals surface area contributed by atoms with Gasteiger partial charge in [0.15, 0.2) is 0 Å². The van der Waals surface area contributed by atoms with Gasteiger partial charge in [-0.2, -0.15) is 5.10 Å². The molecule has 0 saturated heterocycles. The predicted octanol–water partition coefficient (Wildman–Crippen LogP) is 3.53. The summed E-state index contributed by atoms with van der Waals surface area (Å²) in [6.45, 7) is 5.79. The van der Waals surface area contributed by atoms with Crippen molar-refractivity contribution < 1.29 is 4.79 Å². The molecule has 0 radical (unpaired) electrons. The Morgan fingerprint density at radius 1 is 1.18 bits per heavy atom. The summed E-state index contributed by atoms with van der Waals surface area (Å²) < 4.78 is 1.81. The van der Waals surface area contributed by atoms with Gasteiger partial charge >= 0.3 is 0 Å². The molecule has 2 rings (SSSR count). The van der Waals surface area contributed by atoms with Crippen molar-refractivity contribution in [2.45, 2.75) is 26.7 Å². The highest BCUT2D eigenvalue weighted by atomic mass is 16.2. The normalized spacial score (nSPS) is 11.0. The molecule has 0 spiro atoms. The quantitative estimate of drug-likeness (QED) is 0.733. The molecule has 0 atom stereocenters. The molecule has 2 aromatic rings. The van der Waals surface area contributed by atoms with Gasteiger partial charge in [0.2, 0.25) is 5.91 Å². The van der Waals surface area contributed by atoms with Crippen LogP contribution in [0.15, 0.2) is 48.8 Å². The molecule has 4 nitrogen and oxygen atoms in total. The average Bonchev–Trinajstić information content (AvgIpc) is 3.02. The minimum atomic E-state index is 0.0659. The van der Waals surface area contributed by atoms with Crippen LogP contribution < -0.4 is 0 Å². The van der Waals surface area contributed by atoms with Crippen molar-refractivity contribution in [1.29, 1.82) is 0 Å². The zero-order valence-electron chi connectivity index (χ0n) is 13.3. The Hall–Kier alpha value is -2.36. The molecule has 0 aliphatic heterocycles. The van der Waals surface area contributed by atoms with Gasteiger partial charge in [0, 0.05) is 30.9 Å². The number of rotatable bonds is 7. The number of hydrogen-bond donors (Lipinski definition) is 0. The first-order valence-electron chi connectivity index (χ1n) is 7.81. The summed E-state index contributed by atoms with van der Waals surface area (Å²) in [7, 11) is 0. The maximum absolute atomic E-state index is 12.2. The number of carbonyl (C=O) groups excluding carboxylic acids is 1. The van der Waals surface area contributed by atoms with Crippen LogP contribution in [0.5, 0.6) is 0 Å². The number of aromatic nitrogens is 2. The summed E-state index contributed by atoms with van der Waals surface area (Å²) in [5, 5.41) is 4.32. The zero-order chi connectivity index (χ0) is 15.8. The van der Waals surface area contributed by atoms with Gasteiger partial charge in [-0.3, -0.25) is 4.79 Å². The number of nitrogens with zero attached hydrogens (tertiary/aromatic N) is 3. The third-order valence-corrected chi connectivity index (χ3v) is 3.34. The standard InChI is InChI=1S/C18H23N3O/c1-3-12-20(13-4-2)18(22)11-10-16-14-19-21(15-16)17-8-6-5-7-9-17/h5-11,14-15H,3-4,12-13H2,1-2H3/b11-10+. The van der Waals surface area contributed by atoms with E-state index >= 15 is 0 Å². The fraction of sp³-hybridized carbons (Fsp3) is 0.333. The van der Waals surface area contributed by atoms with Crippen molar-refractivity contribution in [3.63, 3.8) is 0 Å². The molecule has 0 N–H and O–H groups in total. The Kier molecular flexibility index (Phi) is 5.95. The van der Waals surface area contributed by atoms with Gasteiger partial charge in [0.1, 0.15) is 0 Å². The van der Waals surface area contributed by atoms with E-state index in [1.54, 1.807) is 17.0 Å². The number of benzene rings is 1. The Morgan fingerprint density at radius 2 is 1.86 bits per heavy atom. The zero-order valence-corrected chi connectivity index (χ0v) is 13.3. The van der Waals surface area contributed by atoms with E-state index in [-0.39, 0.29) is 5.91 Å². The molecule has 0 saturated carbocycles. The third kappa shape index (κ3) is 4.32. The van der Waals surface area contributed by atoms with Gasteiger partial charge in [0.25, 0.3) is 0 Å². The monoisotopic (exact) mass is 297 g/mol. The van der Waals surface area contributed by atoms with Crippen molar-refractivity contribution in [2.75, 3.05) is 13.1 Å². The lowest BCUT2D eigenvalue weighted by molar-refractivity contribution is -0.126. The van der Waals surface area contributed by atoms with Gasteiger partial charge in [-0.1, -0.05) is 32.0 Å². The number of hydrogen-bond acceptors (Lipinski definition) is 2. The molecule has 1 aromatic carbocycles. The van der Waals surface area contributed by atoms with Crippen LogP contribution in [0.1, 0.15) is 32.3 Å². The highest BCUT2D eigenvalue weighted by Gasteiger charge is 2.08. The third-order valence-electron chi connectivity index (χ3n) is 3.34. The summed E-state index contributed by atoms with van der Waals surface area (Å²) >= 11 is 0. The van der Waals surface area contributed by atoms with Crippen molar-refractivity contribution in [2.24, 2.45) is 0 Å². The molecule has 4 heteroatoms. The van der Waals surface area contributed by atoms with E-state index in [1.807, 2.05) is 47.5 Å². The van der Waals surface area contributed by atoms with Gasteiger partial charge in [-0.05, 0) is 31.1 Å². The Morgan fingerprint density at radius 3 is 2.50 bits per heavy atom. The molecule has 0 aliphatic carbocycles. The van der Waals surface area contributed by atoms with Crippen LogP contribution in [0.4, 0.5) is 0 Å². The molecule has 22 heavy (non-hydrogen) atoms. The van der Waals surface area contributed by atoms with Crippen molar-refractivity contribution in [3.05, 3.63) is 54.4 Å². The minimum absolute atomic E-state index is 0.0659. The molecule has 0 aliphatic rings. The van der Waals surface area contributed by atoms with Gasteiger partial charge < -0.3 is 4.90 Å². The molecule has 0 fully saturated rings. The SMILES string of the molecule is CCCN(CCC)C(=O)/C=C/c1cnn(-c2ccccc2)c1. The minimum Gasteiger partial charge on any atom is -0.339 e. The molecule has 1 aromatic heterocycles. The van der Waals surface area contributed by atoms with Crippen LogP contribution in [0.3, 0.4) is 0 Å². The van der Waals surface area contributed by atoms with Crippen LogP contribution >= 0.6 is 0 Å². The van der Waals surface area contributed by atoms with E-state index < -0.39 is 0 Å². The highest BCUT2D eigenvalue weighted by Crippen LogP contribution is 2.09. The maximum atomic E-state index is 12.2. The summed E-state index contributed by atoms with van der Waals surface area (Å²) in [5.74, 6) is 0.0659. The highest BCUT2D eigenvalue weighted by molar-refractivity contribution is 5.91. The van der Waals surface area contributed by atoms with Gasteiger partial charge in [-0.25, -0.2) is 4.68 Å². The number of para-hydroxylation sites is 1. The van der Waals surface area contributed by atoms with E-state index in [4.69, 9.17) is 0 Å². The predicted molar refractivity (Wildman–Crippen MR) is 89.8 cm³/mol. The summed E-state index contributed by atoms with van der Waals surface area (Å²) in [6, 6.07) is 9.92. The Balaban J connectivity index is 2.04. The van der Waals surface area contributed by atoms with Crippen LogP contribution in [-0.2, 0) is 4.79 Å². The lowest BCUT2D eigenvalue weighted by atomic mass is 10.3. The van der Waals surface area contributed by atoms with E-state index in [0.29, 0.717) is 0 Å². The Labute approximate surface area is 132 Å². The van der Waals surface area contributed by atoms with E-state index in [0.717, 1.165) is 37.2 Å². The average molecular weight is 297 g/mol. The first kappa shape index (κ1) is 16.0. The first-order valence-corrected chi connectivity index (χ1v) is 7.81. The fourth-order valence-corrected chi connectivity index (χ4v) is 2.29. The first-order chi connectivity index (χ1) is 10.7. The van der Waals surface area contributed by atoms with Crippen molar-refractivity contribution in [3.8, 4) is 5.69 Å². The van der Waals surface area contributed by atoms with E-state index in [9.17, 15) is 4.79 Å². The molecule has 0 unspecified atom stereocenters. The van der Waals surface area contributed by atoms with Crippen LogP contribution in [-0.4, -0.2) is 33.7 Å². The molecular weight excluding hydrogens is 274 g/mol. The largest absolute Gasteiger partial charge is 0.339 e. The molecule has 1 amide bonds. The summed E-state index contributed by atoms with van der Waals surface area (Å²) in [6.07, 6.45) is 9.10. The Bertz CT molecular complexity index is 610. The topological polar surface area (TPSA) is 38.1 Å². The maximum Gasteiger partial charge on any atom is 0.246 e. The number of amides is 1. The second-order valence-electron chi connectivity index (χ2n) is 5.21. The van der Waals surface area contributed by atoms with Crippen molar-refractivity contribution >= 4 is 12.0 Å². The van der Waals surface area contributed by atoms with Gasteiger partial charge in [-0.15, -0.1) is 0 Å². The lowest BCUT2D eigenvalue weighted by Gasteiger charge is -2.19.